The zero-order chi connectivity index (χ0) is 19.6. The van der Waals surface area contributed by atoms with Crippen LogP contribution >= 0.6 is 0 Å². The van der Waals surface area contributed by atoms with Gasteiger partial charge in [-0.3, -0.25) is 9.59 Å². The maximum absolute atomic E-state index is 12.6. The van der Waals surface area contributed by atoms with Crippen LogP contribution in [0.4, 0.5) is 0 Å². The number of esters is 2. The molecule has 0 aromatic rings. The largest absolute Gasteiger partial charge is 0.435 e. The molecule has 27 heavy (non-hydrogen) atoms. The van der Waals surface area contributed by atoms with Gasteiger partial charge in [0.15, 0.2) is 0 Å². The van der Waals surface area contributed by atoms with E-state index in [0.717, 1.165) is 19.3 Å². The predicted molar refractivity (Wildman–Crippen MR) is 99.3 cm³/mol. The van der Waals surface area contributed by atoms with Gasteiger partial charge in [-0.05, 0) is 55.4 Å². The summed E-state index contributed by atoms with van der Waals surface area (Å²) in [5.41, 5.74) is 3.12. The predicted octanol–water partition coefficient (Wildman–Crippen LogP) is 4.35. The number of hydrogen-bond donors (Lipinski definition) is 0. The molecule has 0 spiro atoms. The second-order valence-corrected chi connectivity index (χ2v) is 10.1. The number of allylic oxidation sites excluding steroid dienone is 1. The van der Waals surface area contributed by atoms with Crippen molar-refractivity contribution in [1.29, 1.82) is 0 Å². The van der Waals surface area contributed by atoms with Crippen LogP contribution in [0.25, 0.3) is 0 Å². The molecular formula is C22H32O5. The smallest absolute Gasteiger partial charge is 0.315 e. The first-order chi connectivity index (χ1) is 12.6. The van der Waals surface area contributed by atoms with Crippen molar-refractivity contribution in [2.75, 3.05) is 0 Å². The van der Waals surface area contributed by atoms with Gasteiger partial charge in [0.05, 0.1) is 11.8 Å². The minimum atomic E-state index is -0.617. The fraction of sp³-hybridized carbons (Fsp3) is 0.818. The van der Waals surface area contributed by atoms with Gasteiger partial charge >= 0.3 is 11.9 Å². The summed E-state index contributed by atoms with van der Waals surface area (Å²) in [5, 5.41) is 0. The second-order valence-electron chi connectivity index (χ2n) is 10.1. The van der Waals surface area contributed by atoms with Crippen LogP contribution in [0.3, 0.4) is 0 Å². The van der Waals surface area contributed by atoms with E-state index in [1.807, 2.05) is 6.92 Å². The Morgan fingerprint density at radius 1 is 1.22 bits per heavy atom. The molecule has 0 unspecified atom stereocenters. The molecule has 150 valence electrons. The topological polar surface area (TPSA) is 61.8 Å². The van der Waals surface area contributed by atoms with Crippen molar-refractivity contribution in [3.63, 3.8) is 0 Å². The average Bonchev–Trinajstić information content (AvgIpc) is 2.88. The molecule has 5 heteroatoms. The van der Waals surface area contributed by atoms with Crippen LogP contribution in [-0.2, 0) is 23.8 Å². The van der Waals surface area contributed by atoms with Crippen molar-refractivity contribution in [3.05, 3.63) is 11.1 Å². The molecule has 5 nitrogen and oxygen atoms in total. The lowest BCUT2D eigenvalue weighted by Gasteiger charge is -2.49. The average molecular weight is 376 g/mol. The van der Waals surface area contributed by atoms with E-state index in [-0.39, 0.29) is 35.1 Å². The Bertz CT molecular complexity index is 693. The Morgan fingerprint density at radius 2 is 1.96 bits per heavy atom. The maximum atomic E-state index is 12.6. The summed E-state index contributed by atoms with van der Waals surface area (Å²) in [6.07, 6.45) is 5.45. The van der Waals surface area contributed by atoms with Crippen molar-refractivity contribution >= 4 is 11.9 Å². The summed E-state index contributed by atoms with van der Waals surface area (Å²) in [6, 6.07) is 0. The SMILES string of the molecule is CC(=O)O[C@@H]1O[C@H]2OC(=O)[C@H](C)C3=C([C@@]4(C)CCCC(C)(C)C4)CC[C@@H]1[C@H]32. The molecule has 0 aromatic heterocycles. The number of hydrogen-bond acceptors (Lipinski definition) is 5. The highest BCUT2D eigenvalue weighted by Crippen LogP contribution is 2.59. The second kappa shape index (κ2) is 6.33. The van der Waals surface area contributed by atoms with E-state index in [1.165, 1.54) is 37.3 Å². The normalized spacial score (nSPS) is 43.1. The number of ether oxygens (including phenoxy) is 3. The van der Waals surface area contributed by atoms with E-state index in [9.17, 15) is 9.59 Å². The number of rotatable bonds is 2. The molecule has 2 aliphatic carbocycles. The van der Waals surface area contributed by atoms with E-state index in [0.29, 0.717) is 5.41 Å². The third-order valence-corrected chi connectivity index (χ3v) is 7.32. The molecule has 2 saturated heterocycles. The fourth-order valence-electron chi connectivity index (χ4n) is 6.41. The van der Waals surface area contributed by atoms with Crippen LogP contribution in [0.15, 0.2) is 11.1 Å². The molecule has 1 saturated carbocycles. The monoisotopic (exact) mass is 376 g/mol. The third kappa shape index (κ3) is 3.12. The zero-order valence-corrected chi connectivity index (χ0v) is 17.2. The van der Waals surface area contributed by atoms with E-state index in [1.54, 1.807) is 0 Å². The molecule has 0 radical (unpaired) electrons. The summed E-state index contributed by atoms with van der Waals surface area (Å²) >= 11 is 0. The molecular weight excluding hydrogens is 344 g/mol. The highest BCUT2D eigenvalue weighted by atomic mass is 16.8. The molecule has 0 aromatic carbocycles. The fourth-order valence-corrected chi connectivity index (χ4v) is 6.41. The Morgan fingerprint density at radius 3 is 2.63 bits per heavy atom. The first-order valence-corrected chi connectivity index (χ1v) is 10.4. The summed E-state index contributed by atoms with van der Waals surface area (Å²) in [7, 11) is 0. The van der Waals surface area contributed by atoms with Crippen molar-refractivity contribution < 1.29 is 23.8 Å². The van der Waals surface area contributed by atoms with Gasteiger partial charge in [-0.2, -0.15) is 0 Å². The van der Waals surface area contributed by atoms with Crippen LogP contribution in [0.1, 0.15) is 73.1 Å². The van der Waals surface area contributed by atoms with E-state index in [4.69, 9.17) is 14.2 Å². The van der Waals surface area contributed by atoms with Crippen LogP contribution in [-0.4, -0.2) is 24.5 Å². The highest BCUT2D eigenvalue weighted by Gasteiger charge is 2.58. The first-order valence-electron chi connectivity index (χ1n) is 10.4. The Hall–Kier alpha value is -1.36. The van der Waals surface area contributed by atoms with E-state index < -0.39 is 12.6 Å². The van der Waals surface area contributed by atoms with Crippen LogP contribution in [0, 0.1) is 28.6 Å². The van der Waals surface area contributed by atoms with Crippen molar-refractivity contribution in [3.8, 4) is 0 Å². The van der Waals surface area contributed by atoms with Crippen molar-refractivity contribution in [1.82, 2.24) is 0 Å². The zero-order valence-electron chi connectivity index (χ0n) is 17.2. The number of carbonyl (C=O) groups is 2. The molecule has 2 heterocycles. The minimum absolute atomic E-state index is 0.0210. The van der Waals surface area contributed by atoms with E-state index >= 15 is 0 Å². The molecule has 2 aliphatic heterocycles. The van der Waals surface area contributed by atoms with Gasteiger partial charge in [0.2, 0.25) is 12.6 Å². The van der Waals surface area contributed by atoms with Gasteiger partial charge in [0, 0.05) is 12.8 Å². The van der Waals surface area contributed by atoms with Gasteiger partial charge in [-0.1, -0.05) is 32.8 Å². The summed E-state index contributed by atoms with van der Waals surface area (Å²) < 4.78 is 16.9. The molecule has 4 aliphatic rings. The van der Waals surface area contributed by atoms with Gasteiger partial charge in [-0.15, -0.1) is 0 Å². The molecule has 0 amide bonds. The summed E-state index contributed by atoms with van der Waals surface area (Å²) in [4.78, 5) is 24.1. The molecule has 6 atom stereocenters. The maximum Gasteiger partial charge on any atom is 0.315 e. The first kappa shape index (κ1) is 19.0. The van der Waals surface area contributed by atoms with Crippen molar-refractivity contribution in [2.45, 2.75) is 85.7 Å². The highest BCUT2D eigenvalue weighted by molar-refractivity contribution is 5.77. The Balaban J connectivity index is 1.75. The van der Waals surface area contributed by atoms with E-state index in [2.05, 4.69) is 20.8 Å². The third-order valence-electron chi connectivity index (χ3n) is 7.32. The van der Waals surface area contributed by atoms with Gasteiger partial charge in [0.25, 0.3) is 0 Å². The van der Waals surface area contributed by atoms with Crippen LogP contribution in [0.5, 0.6) is 0 Å². The van der Waals surface area contributed by atoms with Gasteiger partial charge < -0.3 is 14.2 Å². The Labute approximate surface area is 161 Å². The lowest BCUT2D eigenvalue weighted by molar-refractivity contribution is -0.219. The minimum Gasteiger partial charge on any atom is -0.435 e. The number of carbonyl (C=O) groups excluding carboxylic acids is 2. The van der Waals surface area contributed by atoms with Crippen LogP contribution < -0.4 is 0 Å². The molecule has 0 N–H and O–H groups in total. The molecule has 3 fully saturated rings. The molecule has 0 bridgehead atoms. The lowest BCUT2D eigenvalue weighted by Crippen LogP contribution is -2.44. The Kier molecular flexibility index (Phi) is 4.45. The molecule has 4 rings (SSSR count). The summed E-state index contributed by atoms with van der Waals surface area (Å²) in [5.74, 6) is -0.714. The van der Waals surface area contributed by atoms with Crippen LogP contribution in [0.2, 0.25) is 0 Å². The standard InChI is InChI=1S/C22H32O5/c1-12-16-15(22(5)10-6-9-21(3,4)11-22)8-7-14-17(16)20(26-18(12)24)27-19(14)25-13(2)23/h12,14,17,19-20H,6-11H2,1-5H3/t12-,14-,17-,19-,20-,22+/m1/s1. The summed E-state index contributed by atoms with van der Waals surface area (Å²) in [6.45, 7) is 10.5. The van der Waals surface area contributed by atoms with Gasteiger partial charge in [0.1, 0.15) is 0 Å². The lowest BCUT2D eigenvalue weighted by atomic mass is 9.56. The quantitative estimate of drug-likeness (QED) is 0.529. The van der Waals surface area contributed by atoms with Crippen molar-refractivity contribution in [2.24, 2.45) is 28.6 Å². The van der Waals surface area contributed by atoms with Gasteiger partial charge in [-0.25, -0.2) is 0 Å².